The van der Waals surface area contributed by atoms with Gasteiger partial charge in [0.2, 0.25) is 0 Å². The Morgan fingerprint density at radius 1 is 1.11 bits per heavy atom. The highest BCUT2D eigenvalue weighted by molar-refractivity contribution is 5.75. The van der Waals surface area contributed by atoms with Gasteiger partial charge in [0, 0.05) is 49.5 Å². The SMILES string of the molecule is C=C(/C(CO)=C(\C)c1cc(Nc2ccc(C3CCN(C)CC3)cn2)c(=O)n(C)c1)N1CCn2c(cc3c2CC(C)(C)C3)C1=C. The van der Waals surface area contributed by atoms with E-state index in [9.17, 15) is 9.90 Å². The van der Waals surface area contributed by atoms with Gasteiger partial charge in [0.25, 0.3) is 5.56 Å². The van der Waals surface area contributed by atoms with E-state index in [1.807, 2.05) is 31.5 Å². The molecule has 5 heterocycles. The summed E-state index contributed by atoms with van der Waals surface area (Å²) in [6.07, 6.45) is 8.18. The molecule has 1 fully saturated rings. The first kappa shape index (κ1) is 30.2. The highest BCUT2D eigenvalue weighted by atomic mass is 16.3. The molecule has 0 aromatic carbocycles. The number of aromatic nitrogens is 3. The van der Waals surface area contributed by atoms with Crippen LogP contribution in [0.2, 0.25) is 0 Å². The van der Waals surface area contributed by atoms with E-state index in [1.54, 1.807) is 11.6 Å². The zero-order chi connectivity index (χ0) is 31.3. The number of aryl methyl sites for hydroxylation is 1. The van der Waals surface area contributed by atoms with Crippen molar-refractivity contribution in [2.45, 2.75) is 58.9 Å². The molecule has 0 bridgehead atoms. The van der Waals surface area contributed by atoms with Crippen molar-refractivity contribution in [3.8, 4) is 0 Å². The van der Waals surface area contributed by atoms with Gasteiger partial charge in [-0.3, -0.25) is 4.79 Å². The van der Waals surface area contributed by atoms with Crippen molar-refractivity contribution in [2.24, 2.45) is 12.5 Å². The van der Waals surface area contributed by atoms with E-state index in [1.165, 1.54) is 16.8 Å². The van der Waals surface area contributed by atoms with Crippen LogP contribution in [0.3, 0.4) is 0 Å². The number of aliphatic hydroxyl groups is 1. The van der Waals surface area contributed by atoms with Crippen molar-refractivity contribution >= 4 is 22.8 Å². The first-order valence-corrected chi connectivity index (χ1v) is 15.8. The van der Waals surface area contributed by atoms with Gasteiger partial charge in [-0.25, -0.2) is 4.98 Å². The van der Waals surface area contributed by atoms with Gasteiger partial charge < -0.3 is 29.4 Å². The van der Waals surface area contributed by atoms with E-state index in [4.69, 9.17) is 0 Å². The van der Waals surface area contributed by atoms with E-state index in [2.05, 4.69) is 70.9 Å². The molecule has 44 heavy (non-hydrogen) atoms. The second-order valence-corrected chi connectivity index (χ2v) is 13.7. The molecule has 2 N–H and O–H groups in total. The molecule has 1 aliphatic carbocycles. The third-order valence-corrected chi connectivity index (χ3v) is 9.92. The molecule has 0 radical (unpaired) electrons. The van der Waals surface area contributed by atoms with Gasteiger partial charge >= 0.3 is 0 Å². The summed E-state index contributed by atoms with van der Waals surface area (Å²) >= 11 is 0. The minimum Gasteiger partial charge on any atom is -0.392 e. The summed E-state index contributed by atoms with van der Waals surface area (Å²) in [5, 5.41) is 13.8. The molecule has 3 aromatic rings. The Labute approximate surface area is 261 Å². The van der Waals surface area contributed by atoms with Gasteiger partial charge in [0.1, 0.15) is 11.5 Å². The number of hydrogen-bond donors (Lipinski definition) is 2. The van der Waals surface area contributed by atoms with Crippen LogP contribution >= 0.6 is 0 Å². The summed E-state index contributed by atoms with van der Waals surface area (Å²) in [7, 11) is 3.91. The van der Waals surface area contributed by atoms with Crippen molar-refractivity contribution in [3.63, 3.8) is 0 Å². The second kappa shape index (κ2) is 11.6. The molecule has 8 heteroatoms. The van der Waals surface area contributed by atoms with Crippen molar-refractivity contribution in [2.75, 3.05) is 38.6 Å². The Morgan fingerprint density at radius 2 is 1.86 bits per heavy atom. The Hall–Kier alpha value is -3.88. The summed E-state index contributed by atoms with van der Waals surface area (Å²) in [6.45, 7) is 19.1. The summed E-state index contributed by atoms with van der Waals surface area (Å²) in [5.74, 6) is 1.15. The molecule has 2 aliphatic heterocycles. The van der Waals surface area contributed by atoms with Crippen LogP contribution in [0.1, 0.15) is 67.6 Å². The lowest BCUT2D eigenvalue weighted by Crippen LogP contribution is -2.33. The Morgan fingerprint density at radius 3 is 2.55 bits per heavy atom. The number of allylic oxidation sites excluding steroid dienone is 1. The molecular formula is C36H46N6O2. The molecule has 1 saturated heterocycles. The summed E-state index contributed by atoms with van der Waals surface area (Å²) in [5.41, 5.74) is 9.88. The summed E-state index contributed by atoms with van der Waals surface area (Å²) in [4.78, 5) is 22.3. The van der Waals surface area contributed by atoms with E-state index >= 15 is 0 Å². The first-order valence-electron chi connectivity index (χ1n) is 15.8. The molecule has 8 nitrogen and oxygen atoms in total. The molecule has 3 aliphatic rings. The highest BCUT2D eigenvalue weighted by Gasteiger charge is 2.35. The number of pyridine rings is 2. The average Bonchev–Trinajstić information content (AvgIpc) is 3.48. The second-order valence-electron chi connectivity index (χ2n) is 13.7. The summed E-state index contributed by atoms with van der Waals surface area (Å²) < 4.78 is 3.99. The number of piperidine rings is 1. The number of hydrogen-bond acceptors (Lipinski definition) is 6. The minimum atomic E-state index is -0.175. The fraction of sp³-hybridized carbons (Fsp3) is 0.444. The van der Waals surface area contributed by atoms with Crippen molar-refractivity contribution < 1.29 is 5.11 Å². The third kappa shape index (κ3) is 5.57. The van der Waals surface area contributed by atoms with Gasteiger partial charge in [-0.15, -0.1) is 0 Å². The lowest BCUT2D eigenvalue weighted by molar-refractivity contribution is 0.255. The number of anilines is 2. The zero-order valence-corrected chi connectivity index (χ0v) is 26.9. The van der Waals surface area contributed by atoms with Crippen LogP contribution in [0, 0.1) is 5.41 Å². The normalized spacial score (nSPS) is 19.0. The molecule has 0 saturated carbocycles. The third-order valence-electron chi connectivity index (χ3n) is 9.92. The van der Waals surface area contributed by atoms with Crippen molar-refractivity contribution in [1.82, 2.24) is 23.9 Å². The van der Waals surface area contributed by atoms with Gasteiger partial charge in [-0.2, -0.15) is 0 Å². The van der Waals surface area contributed by atoms with Crippen molar-refractivity contribution in [1.29, 1.82) is 0 Å². The molecule has 232 valence electrons. The molecule has 0 spiro atoms. The quantitative estimate of drug-likeness (QED) is 0.351. The van der Waals surface area contributed by atoms with Gasteiger partial charge in [-0.05, 0) is 105 Å². The number of fused-ring (bicyclic) bond motifs is 3. The van der Waals surface area contributed by atoms with Crippen LogP contribution < -0.4 is 10.9 Å². The first-order chi connectivity index (χ1) is 21.0. The molecule has 3 aromatic heterocycles. The number of rotatable bonds is 7. The van der Waals surface area contributed by atoms with Crippen LogP contribution in [-0.2, 0) is 26.4 Å². The van der Waals surface area contributed by atoms with E-state index < -0.39 is 0 Å². The minimum absolute atomic E-state index is 0.145. The number of aliphatic hydroxyl groups excluding tert-OH is 1. The molecule has 0 amide bonds. The van der Waals surface area contributed by atoms with Crippen LogP contribution in [0.25, 0.3) is 11.3 Å². The molecule has 0 atom stereocenters. The average molecular weight is 595 g/mol. The lowest BCUT2D eigenvalue weighted by Gasteiger charge is -2.36. The molecule has 0 unspecified atom stereocenters. The predicted octanol–water partition coefficient (Wildman–Crippen LogP) is 5.53. The van der Waals surface area contributed by atoms with Crippen LogP contribution in [-0.4, -0.2) is 62.3 Å². The zero-order valence-electron chi connectivity index (χ0n) is 26.9. The van der Waals surface area contributed by atoms with E-state index in [-0.39, 0.29) is 12.2 Å². The van der Waals surface area contributed by atoms with Gasteiger partial charge in [0.05, 0.1) is 18.0 Å². The van der Waals surface area contributed by atoms with E-state index in [0.29, 0.717) is 22.8 Å². The summed E-state index contributed by atoms with van der Waals surface area (Å²) in [6, 6.07) is 8.21. The van der Waals surface area contributed by atoms with Crippen LogP contribution in [0.15, 0.2) is 65.9 Å². The maximum absolute atomic E-state index is 13.1. The number of nitrogens with one attached hydrogen (secondary N) is 1. The fourth-order valence-corrected chi connectivity index (χ4v) is 7.27. The van der Waals surface area contributed by atoms with Crippen molar-refractivity contribution in [3.05, 3.63) is 99.5 Å². The molecule has 6 rings (SSSR count). The fourth-order valence-electron chi connectivity index (χ4n) is 7.27. The van der Waals surface area contributed by atoms with Crippen LogP contribution in [0.4, 0.5) is 11.5 Å². The predicted molar refractivity (Wildman–Crippen MR) is 179 cm³/mol. The number of nitrogens with zero attached hydrogens (tertiary/aromatic N) is 5. The van der Waals surface area contributed by atoms with Gasteiger partial charge in [-0.1, -0.05) is 33.1 Å². The maximum Gasteiger partial charge on any atom is 0.274 e. The van der Waals surface area contributed by atoms with E-state index in [0.717, 1.165) is 85.7 Å². The smallest absolute Gasteiger partial charge is 0.274 e. The Bertz CT molecular complexity index is 1700. The topological polar surface area (TPSA) is 78.6 Å². The number of likely N-dealkylation sites (tertiary alicyclic amines) is 1. The lowest BCUT2D eigenvalue weighted by atomic mass is 9.90. The largest absolute Gasteiger partial charge is 0.392 e. The van der Waals surface area contributed by atoms with Crippen LogP contribution in [0.5, 0.6) is 0 Å². The van der Waals surface area contributed by atoms with Gasteiger partial charge in [0.15, 0.2) is 0 Å². The highest BCUT2D eigenvalue weighted by Crippen LogP contribution is 2.42. The standard InChI is InChI=1S/C36H46N6O2/c1-23(30(22-43)24(2)41-14-15-42-32(25(41)3)17-28-18-36(4,5)19-33(28)42)29-16-31(35(44)40(7)21-29)38-34-9-8-27(20-37-34)26-10-12-39(6)13-11-26/h8-9,16-17,20-21,26,43H,2-3,10-15,18-19,22H2,1,4-7H3,(H,37,38)/b30-23+. The molecular weight excluding hydrogens is 548 g/mol. The maximum atomic E-state index is 13.1. The Kier molecular flexibility index (Phi) is 7.92. The monoisotopic (exact) mass is 594 g/mol. The Balaban J connectivity index is 1.23.